The molecule has 3 aromatic rings. The van der Waals surface area contributed by atoms with E-state index in [1.54, 1.807) is 11.3 Å². The highest BCUT2D eigenvalue weighted by Gasteiger charge is 2.29. The predicted octanol–water partition coefficient (Wildman–Crippen LogP) is 5.94. The van der Waals surface area contributed by atoms with Gasteiger partial charge in [-0.25, -0.2) is 4.98 Å². The summed E-state index contributed by atoms with van der Waals surface area (Å²) in [6.45, 7) is 8.36. The van der Waals surface area contributed by atoms with E-state index in [1.807, 2.05) is 37.3 Å². The summed E-state index contributed by atoms with van der Waals surface area (Å²) in [4.78, 5) is 21.8. The molecule has 5 nitrogen and oxygen atoms in total. The van der Waals surface area contributed by atoms with Crippen LogP contribution in [0.15, 0.2) is 42.5 Å². The van der Waals surface area contributed by atoms with E-state index < -0.39 is 0 Å². The van der Waals surface area contributed by atoms with Crippen molar-refractivity contribution in [1.29, 1.82) is 0 Å². The molecule has 2 heterocycles. The van der Waals surface area contributed by atoms with Gasteiger partial charge in [0.15, 0.2) is 5.13 Å². The van der Waals surface area contributed by atoms with Gasteiger partial charge in [0.25, 0.3) is 0 Å². The first-order valence-electron chi connectivity index (χ1n) is 11.8. The lowest BCUT2D eigenvalue weighted by molar-refractivity contribution is -0.142. The number of carbonyl (C=O) groups excluding carboxylic acids is 1. The number of esters is 1. The van der Waals surface area contributed by atoms with E-state index in [9.17, 15) is 4.79 Å². The van der Waals surface area contributed by atoms with Crippen LogP contribution in [0.3, 0.4) is 0 Å². The average molecular weight is 486 g/mol. The van der Waals surface area contributed by atoms with Crippen molar-refractivity contribution in [1.82, 2.24) is 9.88 Å². The molecule has 1 atom stereocenters. The molecule has 1 saturated heterocycles. The lowest BCUT2D eigenvalue weighted by Crippen LogP contribution is -2.53. The first-order chi connectivity index (χ1) is 16.1. The van der Waals surface area contributed by atoms with Gasteiger partial charge in [-0.1, -0.05) is 67.0 Å². The van der Waals surface area contributed by atoms with Gasteiger partial charge in [-0.2, -0.15) is 0 Å². The average Bonchev–Trinajstić information content (AvgIpc) is 3.21. The summed E-state index contributed by atoms with van der Waals surface area (Å²) in [5.41, 5.74) is 3.28. The molecule has 0 unspecified atom stereocenters. The van der Waals surface area contributed by atoms with Crippen molar-refractivity contribution >= 4 is 44.3 Å². The lowest BCUT2D eigenvalue weighted by atomic mass is 10.0. The predicted molar refractivity (Wildman–Crippen MR) is 137 cm³/mol. The van der Waals surface area contributed by atoms with Crippen LogP contribution in [0.25, 0.3) is 10.2 Å². The van der Waals surface area contributed by atoms with Crippen LogP contribution in [0.1, 0.15) is 44.2 Å². The van der Waals surface area contributed by atoms with Crippen molar-refractivity contribution in [3.05, 3.63) is 58.6 Å². The summed E-state index contributed by atoms with van der Waals surface area (Å²) in [5, 5.41) is 1.86. The van der Waals surface area contributed by atoms with Crippen LogP contribution in [-0.4, -0.2) is 48.1 Å². The number of unbranched alkanes of at least 4 members (excludes halogenated alkanes) is 1. The molecule has 4 rings (SSSR count). The minimum absolute atomic E-state index is 0.167. The van der Waals surface area contributed by atoms with Crippen LogP contribution in [0.2, 0.25) is 5.02 Å². The molecule has 0 aliphatic carbocycles. The Morgan fingerprint density at radius 2 is 2.03 bits per heavy atom. The van der Waals surface area contributed by atoms with E-state index in [4.69, 9.17) is 21.3 Å². The highest BCUT2D eigenvalue weighted by molar-refractivity contribution is 7.22. The molecule has 1 aliphatic heterocycles. The standard InChI is InChI=1S/C26H32ClN3O2S/c1-3-5-9-22-18-29(17-20-8-6-7-19(14-20)15-25(31)32-4-2)12-13-30(22)26-28-23-11-10-21(27)16-24(23)33-26/h6-8,10-11,14,16,22H,3-5,9,12-13,15,17-18H2,1-2H3/t22-/m1/s1. The second-order valence-electron chi connectivity index (χ2n) is 8.63. The minimum atomic E-state index is -0.167. The fourth-order valence-corrected chi connectivity index (χ4v) is 5.83. The number of anilines is 1. The van der Waals surface area contributed by atoms with Crippen LogP contribution in [0, 0.1) is 0 Å². The fourth-order valence-electron chi connectivity index (χ4n) is 4.49. The summed E-state index contributed by atoms with van der Waals surface area (Å²) in [7, 11) is 0. The maximum atomic E-state index is 11.9. The fraction of sp³-hybridized carbons (Fsp3) is 0.462. The molecule has 0 spiro atoms. The van der Waals surface area contributed by atoms with Crippen molar-refractivity contribution in [2.24, 2.45) is 0 Å². The second-order valence-corrected chi connectivity index (χ2v) is 10.1. The van der Waals surface area contributed by atoms with Crippen molar-refractivity contribution in [2.45, 2.75) is 52.1 Å². The smallest absolute Gasteiger partial charge is 0.310 e. The zero-order valence-electron chi connectivity index (χ0n) is 19.4. The largest absolute Gasteiger partial charge is 0.466 e. The Morgan fingerprint density at radius 1 is 1.18 bits per heavy atom. The third-order valence-electron chi connectivity index (χ3n) is 6.09. The lowest BCUT2D eigenvalue weighted by Gasteiger charge is -2.41. The van der Waals surface area contributed by atoms with Crippen LogP contribution < -0.4 is 4.90 Å². The van der Waals surface area contributed by atoms with E-state index >= 15 is 0 Å². The quantitative estimate of drug-likeness (QED) is 0.351. The first kappa shape index (κ1) is 24.0. The molecule has 7 heteroatoms. The maximum Gasteiger partial charge on any atom is 0.310 e. The number of thiazole rings is 1. The summed E-state index contributed by atoms with van der Waals surface area (Å²) < 4.78 is 6.25. The zero-order chi connectivity index (χ0) is 23.2. The van der Waals surface area contributed by atoms with E-state index in [1.165, 1.54) is 18.4 Å². The topological polar surface area (TPSA) is 45.7 Å². The second kappa shape index (κ2) is 11.3. The van der Waals surface area contributed by atoms with Crippen LogP contribution in [0.4, 0.5) is 5.13 Å². The van der Waals surface area contributed by atoms with Gasteiger partial charge in [0.05, 0.1) is 23.2 Å². The van der Waals surface area contributed by atoms with E-state index in [2.05, 4.69) is 28.9 Å². The normalized spacial score (nSPS) is 16.9. The molecule has 0 bridgehead atoms. The molecule has 1 fully saturated rings. The Kier molecular flexibility index (Phi) is 8.23. The number of benzene rings is 2. The number of ether oxygens (including phenoxy) is 1. The van der Waals surface area contributed by atoms with Gasteiger partial charge in [0.1, 0.15) is 0 Å². The highest BCUT2D eigenvalue weighted by Crippen LogP contribution is 2.33. The minimum Gasteiger partial charge on any atom is -0.466 e. The molecule has 0 N–H and O–H groups in total. The number of rotatable bonds is 9. The molecule has 0 radical (unpaired) electrons. The molecule has 0 saturated carbocycles. The number of piperazine rings is 1. The number of halogens is 1. The summed E-state index contributed by atoms with van der Waals surface area (Å²) in [6, 6.07) is 14.7. The summed E-state index contributed by atoms with van der Waals surface area (Å²) in [6.07, 6.45) is 3.89. The van der Waals surface area contributed by atoms with Crippen LogP contribution >= 0.6 is 22.9 Å². The molecule has 2 aromatic carbocycles. The highest BCUT2D eigenvalue weighted by atomic mass is 35.5. The number of hydrogen-bond acceptors (Lipinski definition) is 6. The first-order valence-corrected chi connectivity index (χ1v) is 13.0. The zero-order valence-corrected chi connectivity index (χ0v) is 21.0. The van der Waals surface area contributed by atoms with Crippen LogP contribution in [-0.2, 0) is 22.5 Å². The maximum absolute atomic E-state index is 11.9. The Bertz CT molecular complexity index is 1090. The van der Waals surface area contributed by atoms with Crippen molar-refractivity contribution in [3.63, 3.8) is 0 Å². The van der Waals surface area contributed by atoms with Gasteiger partial charge in [0, 0.05) is 37.2 Å². The van der Waals surface area contributed by atoms with Gasteiger partial charge < -0.3 is 9.64 Å². The van der Waals surface area contributed by atoms with E-state index in [0.29, 0.717) is 19.1 Å². The van der Waals surface area contributed by atoms with E-state index in [0.717, 1.165) is 58.5 Å². The molecule has 1 aromatic heterocycles. The Labute approximate surface area is 205 Å². The number of nitrogens with zero attached hydrogens (tertiary/aromatic N) is 3. The van der Waals surface area contributed by atoms with Crippen LogP contribution in [0.5, 0.6) is 0 Å². The molecule has 33 heavy (non-hydrogen) atoms. The van der Waals surface area contributed by atoms with Gasteiger partial charge in [-0.15, -0.1) is 0 Å². The molecular weight excluding hydrogens is 454 g/mol. The SMILES string of the molecule is CCCC[C@@H]1CN(Cc2cccc(CC(=O)OCC)c2)CCN1c1nc2ccc(Cl)cc2s1. The van der Waals surface area contributed by atoms with Crippen molar-refractivity contribution < 1.29 is 9.53 Å². The monoisotopic (exact) mass is 485 g/mol. The number of fused-ring (bicyclic) bond motifs is 1. The van der Waals surface area contributed by atoms with Gasteiger partial charge in [0.2, 0.25) is 0 Å². The molecule has 176 valence electrons. The van der Waals surface area contributed by atoms with E-state index in [-0.39, 0.29) is 5.97 Å². The molecule has 0 amide bonds. The Morgan fingerprint density at radius 3 is 2.85 bits per heavy atom. The van der Waals surface area contributed by atoms with Crippen molar-refractivity contribution in [2.75, 3.05) is 31.1 Å². The van der Waals surface area contributed by atoms with Gasteiger partial charge in [-0.05, 0) is 42.7 Å². The number of hydrogen-bond donors (Lipinski definition) is 0. The third-order valence-corrected chi connectivity index (χ3v) is 7.38. The number of carbonyl (C=O) groups is 1. The van der Waals surface area contributed by atoms with Crippen molar-refractivity contribution in [3.8, 4) is 0 Å². The summed E-state index contributed by atoms with van der Waals surface area (Å²) in [5.74, 6) is -0.167. The summed E-state index contributed by atoms with van der Waals surface area (Å²) >= 11 is 7.93. The Hall–Kier alpha value is -2.15. The molecule has 1 aliphatic rings. The van der Waals surface area contributed by atoms with Gasteiger partial charge >= 0.3 is 5.97 Å². The number of aromatic nitrogens is 1. The Balaban J connectivity index is 1.45. The molecular formula is C26H32ClN3O2S. The third kappa shape index (κ3) is 6.25. The van der Waals surface area contributed by atoms with Gasteiger partial charge in [-0.3, -0.25) is 9.69 Å².